The van der Waals surface area contributed by atoms with Crippen LogP contribution in [0, 0.1) is 17.0 Å². The van der Waals surface area contributed by atoms with E-state index >= 15 is 0 Å². The van der Waals surface area contributed by atoms with E-state index in [2.05, 4.69) is 5.32 Å². The van der Waals surface area contributed by atoms with Crippen LogP contribution in [0.1, 0.15) is 32.3 Å². The van der Waals surface area contributed by atoms with E-state index in [1.54, 1.807) is 0 Å². The van der Waals surface area contributed by atoms with Crippen molar-refractivity contribution in [2.24, 2.45) is 5.41 Å². The third-order valence-electron chi connectivity index (χ3n) is 4.55. The number of amides is 1. The van der Waals surface area contributed by atoms with Gasteiger partial charge in [0.05, 0.1) is 0 Å². The number of nitrogens with one attached hydrogen (secondary N) is 1. The molecule has 1 aliphatic rings. The molecule has 0 saturated carbocycles. The lowest BCUT2D eigenvalue weighted by Crippen LogP contribution is -2.58. The Morgan fingerprint density at radius 1 is 1.36 bits per heavy atom. The fourth-order valence-corrected chi connectivity index (χ4v) is 2.92. The molecule has 1 aromatic rings. The van der Waals surface area contributed by atoms with Crippen molar-refractivity contribution in [3.05, 3.63) is 35.4 Å². The lowest BCUT2D eigenvalue weighted by molar-refractivity contribution is -0.157. The summed E-state index contributed by atoms with van der Waals surface area (Å²) in [6.07, 6.45) is 0.880. The topological polar surface area (TPSA) is 72.8 Å². The maximum absolute atomic E-state index is 13.8. The summed E-state index contributed by atoms with van der Waals surface area (Å²) in [5.41, 5.74) is -1.85. The number of rotatable bonds is 7. The second-order valence-corrected chi connectivity index (χ2v) is 7.50. The van der Waals surface area contributed by atoms with Crippen LogP contribution in [0.25, 0.3) is 0 Å². The molecular weight excluding hydrogens is 330 g/mol. The number of likely N-dealkylation sites (tertiary alicyclic amines) is 1. The van der Waals surface area contributed by atoms with E-state index in [4.69, 9.17) is 0 Å². The summed E-state index contributed by atoms with van der Waals surface area (Å²) < 4.78 is 27.2. The first-order chi connectivity index (χ1) is 11.7. The number of aliphatic hydroxyl groups excluding tert-OH is 1. The van der Waals surface area contributed by atoms with Gasteiger partial charge in [0.2, 0.25) is 0 Å². The summed E-state index contributed by atoms with van der Waals surface area (Å²) in [5.74, 6) is -2.41. The van der Waals surface area contributed by atoms with Gasteiger partial charge in [-0.1, -0.05) is 26.0 Å². The predicted molar refractivity (Wildman–Crippen MR) is 89.7 cm³/mol. The monoisotopic (exact) mass is 356 g/mol. The molecule has 0 spiro atoms. The van der Waals surface area contributed by atoms with E-state index in [0.29, 0.717) is 25.9 Å². The standard InChI is InChI=1S/C18H26F2N2O3/c1-17(2,12-23)10-21-11-18(25)7-4-8-22(16(18)24)9-13-5-3-6-14(19)15(13)20/h3,5-6,21,23,25H,4,7-12H2,1-2H3/t18-/m0/s1. The van der Waals surface area contributed by atoms with Crippen LogP contribution in [0.2, 0.25) is 0 Å². The van der Waals surface area contributed by atoms with Gasteiger partial charge >= 0.3 is 0 Å². The van der Waals surface area contributed by atoms with Gasteiger partial charge in [-0.3, -0.25) is 4.79 Å². The molecule has 1 amide bonds. The van der Waals surface area contributed by atoms with Crippen molar-refractivity contribution in [1.82, 2.24) is 10.2 Å². The molecule has 7 heteroatoms. The Bertz CT molecular complexity index is 624. The fourth-order valence-electron chi connectivity index (χ4n) is 2.92. The quantitative estimate of drug-likeness (QED) is 0.691. The number of hydrogen-bond acceptors (Lipinski definition) is 4. The molecule has 140 valence electrons. The molecule has 1 heterocycles. The molecule has 0 aliphatic carbocycles. The van der Waals surface area contributed by atoms with Gasteiger partial charge in [0, 0.05) is 43.8 Å². The molecule has 3 N–H and O–H groups in total. The number of nitrogens with zero attached hydrogens (tertiary/aromatic N) is 1. The van der Waals surface area contributed by atoms with Gasteiger partial charge in [0.1, 0.15) is 0 Å². The Morgan fingerprint density at radius 3 is 2.76 bits per heavy atom. The van der Waals surface area contributed by atoms with Crippen LogP contribution in [0.3, 0.4) is 0 Å². The minimum Gasteiger partial charge on any atom is -0.396 e. The number of piperidine rings is 1. The summed E-state index contributed by atoms with van der Waals surface area (Å²) in [4.78, 5) is 14.0. The van der Waals surface area contributed by atoms with Gasteiger partial charge < -0.3 is 20.4 Å². The number of hydrogen-bond donors (Lipinski definition) is 3. The largest absolute Gasteiger partial charge is 0.396 e. The highest BCUT2D eigenvalue weighted by atomic mass is 19.2. The summed E-state index contributed by atoms with van der Waals surface area (Å²) in [5, 5.41) is 23.0. The molecule has 1 aliphatic heterocycles. The number of carbonyl (C=O) groups excluding carboxylic acids is 1. The highest BCUT2D eigenvalue weighted by Gasteiger charge is 2.42. The molecule has 1 saturated heterocycles. The summed E-state index contributed by atoms with van der Waals surface area (Å²) >= 11 is 0. The smallest absolute Gasteiger partial charge is 0.256 e. The first kappa shape index (κ1) is 19.8. The molecule has 0 bridgehead atoms. The van der Waals surface area contributed by atoms with Crippen LogP contribution in [-0.2, 0) is 11.3 Å². The molecule has 2 rings (SSSR count). The molecule has 5 nitrogen and oxygen atoms in total. The van der Waals surface area contributed by atoms with Crippen molar-refractivity contribution in [3.63, 3.8) is 0 Å². The van der Waals surface area contributed by atoms with Crippen molar-refractivity contribution in [3.8, 4) is 0 Å². The van der Waals surface area contributed by atoms with Crippen LogP contribution in [0.15, 0.2) is 18.2 Å². The second kappa shape index (κ2) is 7.76. The zero-order chi connectivity index (χ0) is 18.7. The number of halogens is 2. The Hall–Kier alpha value is -1.57. The number of aliphatic hydroxyl groups is 2. The van der Waals surface area contributed by atoms with Gasteiger partial charge in [-0.25, -0.2) is 8.78 Å². The highest BCUT2D eigenvalue weighted by Crippen LogP contribution is 2.25. The molecule has 1 aromatic carbocycles. The lowest BCUT2D eigenvalue weighted by Gasteiger charge is -2.39. The molecule has 25 heavy (non-hydrogen) atoms. The molecule has 1 fully saturated rings. The van der Waals surface area contributed by atoms with Crippen molar-refractivity contribution < 1.29 is 23.8 Å². The number of carbonyl (C=O) groups is 1. The molecule has 1 atom stereocenters. The van der Waals surface area contributed by atoms with E-state index in [9.17, 15) is 23.8 Å². The maximum Gasteiger partial charge on any atom is 0.256 e. The third-order valence-corrected chi connectivity index (χ3v) is 4.55. The number of benzene rings is 1. The molecule has 0 radical (unpaired) electrons. The minimum atomic E-state index is -1.58. The third kappa shape index (κ3) is 4.74. The van der Waals surface area contributed by atoms with E-state index in [-0.39, 0.29) is 30.7 Å². The predicted octanol–water partition coefficient (Wildman–Crippen LogP) is 1.43. The SMILES string of the molecule is CC(C)(CO)CNC[C@@]1(O)CCCN(Cc2cccc(F)c2F)C1=O. The Labute approximate surface area is 146 Å². The fraction of sp³-hybridized carbons (Fsp3) is 0.611. The van der Waals surface area contributed by atoms with E-state index in [0.717, 1.165) is 6.07 Å². The van der Waals surface area contributed by atoms with Gasteiger partial charge in [-0.05, 0) is 18.9 Å². The Morgan fingerprint density at radius 2 is 2.08 bits per heavy atom. The van der Waals surface area contributed by atoms with Crippen LogP contribution >= 0.6 is 0 Å². The van der Waals surface area contributed by atoms with Crippen LogP contribution in [-0.4, -0.2) is 52.9 Å². The van der Waals surface area contributed by atoms with Gasteiger partial charge in [0.15, 0.2) is 17.2 Å². The van der Waals surface area contributed by atoms with Gasteiger partial charge in [-0.2, -0.15) is 0 Å². The average Bonchev–Trinajstić information content (AvgIpc) is 2.56. The van der Waals surface area contributed by atoms with Crippen LogP contribution in [0.4, 0.5) is 8.78 Å². The Balaban J connectivity index is 2.03. The van der Waals surface area contributed by atoms with Gasteiger partial charge in [-0.15, -0.1) is 0 Å². The summed E-state index contributed by atoms with van der Waals surface area (Å²) in [6, 6.07) is 3.86. The van der Waals surface area contributed by atoms with E-state index in [1.165, 1.54) is 17.0 Å². The highest BCUT2D eigenvalue weighted by molar-refractivity contribution is 5.86. The molecule has 0 unspecified atom stereocenters. The van der Waals surface area contributed by atoms with Crippen LogP contribution < -0.4 is 5.32 Å². The average molecular weight is 356 g/mol. The van der Waals surface area contributed by atoms with Crippen molar-refractivity contribution in [1.29, 1.82) is 0 Å². The van der Waals surface area contributed by atoms with Crippen LogP contribution in [0.5, 0.6) is 0 Å². The molecular formula is C18H26F2N2O3. The lowest BCUT2D eigenvalue weighted by atomic mass is 9.90. The zero-order valence-corrected chi connectivity index (χ0v) is 14.7. The van der Waals surface area contributed by atoms with Crippen molar-refractivity contribution in [2.75, 3.05) is 26.2 Å². The van der Waals surface area contributed by atoms with Crippen molar-refractivity contribution in [2.45, 2.75) is 38.8 Å². The first-order valence-electron chi connectivity index (χ1n) is 8.45. The Kier molecular flexibility index (Phi) is 6.13. The van der Waals surface area contributed by atoms with E-state index < -0.39 is 23.1 Å². The molecule has 0 aromatic heterocycles. The van der Waals surface area contributed by atoms with E-state index in [1.807, 2.05) is 13.8 Å². The zero-order valence-electron chi connectivity index (χ0n) is 14.7. The minimum absolute atomic E-state index is 0.0165. The summed E-state index contributed by atoms with van der Waals surface area (Å²) in [7, 11) is 0. The summed E-state index contributed by atoms with van der Waals surface area (Å²) in [6.45, 7) is 4.52. The second-order valence-electron chi connectivity index (χ2n) is 7.50. The first-order valence-corrected chi connectivity index (χ1v) is 8.45. The normalized spacial score (nSPS) is 21.7. The van der Waals surface area contributed by atoms with Gasteiger partial charge in [0.25, 0.3) is 5.91 Å². The van der Waals surface area contributed by atoms with Crippen molar-refractivity contribution >= 4 is 5.91 Å². The maximum atomic E-state index is 13.8.